The number of carbonyl (C=O) groups is 1. The number of rotatable bonds is 4. The molecule has 4 rings (SSSR count). The van der Waals surface area contributed by atoms with Crippen molar-refractivity contribution >= 4 is 33.9 Å². The van der Waals surface area contributed by atoms with Crippen LogP contribution in [0.1, 0.15) is 30.8 Å². The van der Waals surface area contributed by atoms with Crippen molar-refractivity contribution < 1.29 is 9.53 Å². The number of carbonyl (C=O) groups excluding carboxylic acids is 1. The van der Waals surface area contributed by atoms with Crippen LogP contribution in [0.2, 0.25) is 0 Å². The normalized spacial score (nSPS) is 18.3. The van der Waals surface area contributed by atoms with Crippen LogP contribution in [0.5, 0.6) is 0 Å². The van der Waals surface area contributed by atoms with Gasteiger partial charge in [0.15, 0.2) is 5.69 Å². The van der Waals surface area contributed by atoms with E-state index in [1.54, 1.807) is 24.5 Å². The summed E-state index contributed by atoms with van der Waals surface area (Å²) in [6.07, 6.45) is 4.26. The molecular formula is C22H25N5O2. The second-order valence-electron chi connectivity index (χ2n) is 8.02. The number of nitrogen functional groups attached to an aromatic ring is 1. The summed E-state index contributed by atoms with van der Waals surface area (Å²) < 4.78 is 5.62. The molecule has 4 N–H and O–H groups in total. The minimum absolute atomic E-state index is 0.0264. The van der Waals surface area contributed by atoms with Crippen LogP contribution in [0, 0.1) is 5.41 Å². The summed E-state index contributed by atoms with van der Waals surface area (Å²) in [6.45, 7) is 5.87. The van der Waals surface area contributed by atoms with Gasteiger partial charge in [-0.3, -0.25) is 4.79 Å². The number of amides is 1. The van der Waals surface area contributed by atoms with Gasteiger partial charge in [0.2, 0.25) is 0 Å². The van der Waals surface area contributed by atoms with Gasteiger partial charge in [-0.1, -0.05) is 13.8 Å². The Kier molecular flexibility index (Phi) is 5.07. The number of fused-ring (bicyclic) bond motifs is 1. The quantitative estimate of drug-likeness (QED) is 0.627. The van der Waals surface area contributed by atoms with Crippen molar-refractivity contribution in [1.82, 2.24) is 9.97 Å². The Balaban J connectivity index is 1.58. The molecule has 7 heteroatoms. The third-order valence-electron chi connectivity index (χ3n) is 5.36. The number of hydrogen-bond acceptors (Lipinski definition) is 6. The highest BCUT2D eigenvalue weighted by Gasteiger charge is 2.33. The molecule has 0 bridgehead atoms. The first-order valence-corrected chi connectivity index (χ1v) is 9.69. The van der Waals surface area contributed by atoms with Crippen molar-refractivity contribution in [1.29, 1.82) is 0 Å². The molecule has 0 aliphatic carbocycles. The Morgan fingerprint density at radius 1 is 1.21 bits per heavy atom. The van der Waals surface area contributed by atoms with Crippen LogP contribution in [0.4, 0.5) is 17.2 Å². The predicted molar refractivity (Wildman–Crippen MR) is 115 cm³/mol. The fourth-order valence-corrected chi connectivity index (χ4v) is 3.63. The van der Waals surface area contributed by atoms with Crippen molar-refractivity contribution in [2.24, 2.45) is 5.41 Å². The lowest BCUT2D eigenvalue weighted by Crippen LogP contribution is -2.44. The van der Waals surface area contributed by atoms with Gasteiger partial charge in [-0.05, 0) is 48.2 Å². The van der Waals surface area contributed by atoms with E-state index in [0.717, 1.165) is 36.2 Å². The van der Waals surface area contributed by atoms with Gasteiger partial charge in [-0.25, -0.2) is 9.97 Å². The SMILES string of the molecule is CC1(C)COCCC1Nc1nccc2cc(NC(=O)c3ncccc3N)ccc12. The lowest BCUT2D eigenvalue weighted by atomic mass is 9.82. The third kappa shape index (κ3) is 4.00. The molecule has 0 spiro atoms. The van der Waals surface area contributed by atoms with Gasteiger partial charge < -0.3 is 21.1 Å². The molecule has 1 unspecified atom stereocenters. The fourth-order valence-electron chi connectivity index (χ4n) is 3.63. The monoisotopic (exact) mass is 391 g/mol. The molecule has 3 heterocycles. The molecule has 0 radical (unpaired) electrons. The first-order valence-electron chi connectivity index (χ1n) is 9.69. The predicted octanol–water partition coefficient (Wildman–Crippen LogP) is 3.69. The van der Waals surface area contributed by atoms with E-state index >= 15 is 0 Å². The number of anilines is 3. The number of pyridine rings is 2. The van der Waals surface area contributed by atoms with Crippen LogP contribution in [-0.2, 0) is 4.74 Å². The van der Waals surface area contributed by atoms with Crippen molar-refractivity contribution in [3.8, 4) is 0 Å². The van der Waals surface area contributed by atoms with E-state index in [2.05, 4.69) is 34.4 Å². The highest BCUT2D eigenvalue weighted by molar-refractivity contribution is 6.07. The highest BCUT2D eigenvalue weighted by atomic mass is 16.5. The van der Waals surface area contributed by atoms with E-state index in [1.165, 1.54) is 0 Å². The molecule has 29 heavy (non-hydrogen) atoms. The van der Waals surface area contributed by atoms with Crippen LogP contribution in [-0.4, -0.2) is 35.1 Å². The summed E-state index contributed by atoms with van der Waals surface area (Å²) >= 11 is 0. The Hall–Kier alpha value is -3.19. The van der Waals surface area contributed by atoms with E-state index in [0.29, 0.717) is 11.4 Å². The maximum atomic E-state index is 12.5. The topological polar surface area (TPSA) is 102 Å². The van der Waals surface area contributed by atoms with Gasteiger partial charge in [0, 0.05) is 41.5 Å². The summed E-state index contributed by atoms with van der Waals surface area (Å²) in [5.74, 6) is 0.508. The van der Waals surface area contributed by atoms with E-state index in [4.69, 9.17) is 10.5 Å². The molecule has 1 aliphatic rings. The van der Waals surface area contributed by atoms with Crippen molar-refractivity contribution in [3.05, 3.63) is 54.5 Å². The molecule has 0 saturated carbocycles. The summed E-state index contributed by atoms with van der Waals surface area (Å²) in [7, 11) is 0. The maximum absolute atomic E-state index is 12.5. The second kappa shape index (κ2) is 7.67. The number of nitrogens with two attached hydrogens (primary N) is 1. The Labute approximate surface area is 169 Å². The van der Waals surface area contributed by atoms with Gasteiger partial charge in [0.05, 0.1) is 12.3 Å². The Bertz CT molecular complexity index is 1050. The van der Waals surface area contributed by atoms with Gasteiger partial charge in [0.1, 0.15) is 5.82 Å². The van der Waals surface area contributed by atoms with Crippen LogP contribution in [0.15, 0.2) is 48.8 Å². The number of hydrogen-bond donors (Lipinski definition) is 3. The molecule has 7 nitrogen and oxygen atoms in total. The number of nitrogens with zero attached hydrogens (tertiary/aromatic N) is 2. The first-order chi connectivity index (χ1) is 13.9. The van der Waals surface area contributed by atoms with E-state index in [-0.39, 0.29) is 23.1 Å². The van der Waals surface area contributed by atoms with Gasteiger partial charge >= 0.3 is 0 Å². The molecule has 1 aromatic carbocycles. The van der Waals surface area contributed by atoms with Crippen LogP contribution >= 0.6 is 0 Å². The second-order valence-corrected chi connectivity index (χ2v) is 8.02. The lowest BCUT2D eigenvalue weighted by molar-refractivity contribution is 0.00341. The van der Waals surface area contributed by atoms with Crippen molar-refractivity contribution in [3.63, 3.8) is 0 Å². The Morgan fingerprint density at radius 2 is 2.07 bits per heavy atom. The number of nitrogens with one attached hydrogen (secondary N) is 2. The van der Waals surface area contributed by atoms with Gasteiger partial charge in [-0.15, -0.1) is 0 Å². The fraction of sp³-hybridized carbons (Fsp3) is 0.318. The zero-order valence-corrected chi connectivity index (χ0v) is 16.6. The van der Waals surface area contributed by atoms with E-state index < -0.39 is 0 Å². The zero-order chi connectivity index (χ0) is 20.4. The Morgan fingerprint density at radius 3 is 2.86 bits per heavy atom. The molecule has 1 aliphatic heterocycles. The summed E-state index contributed by atoms with van der Waals surface area (Å²) in [5.41, 5.74) is 7.11. The van der Waals surface area contributed by atoms with E-state index in [1.807, 2.05) is 24.3 Å². The average molecular weight is 391 g/mol. The third-order valence-corrected chi connectivity index (χ3v) is 5.36. The van der Waals surface area contributed by atoms with E-state index in [9.17, 15) is 4.79 Å². The van der Waals surface area contributed by atoms with Gasteiger partial charge in [-0.2, -0.15) is 0 Å². The molecule has 3 aromatic rings. The number of aromatic nitrogens is 2. The molecule has 150 valence electrons. The number of ether oxygens (including phenoxy) is 1. The standard InChI is InChI=1S/C22H25N5O2/c1-22(2)13-29-11-8-18(22)27-20-16-6-5-15(12-14(16)7-10-25-20)26-21(28)19-17(23)4-3-9-24-19/h3-7,9-10,12,18H,8,11,13,23H2,1-2H3,(H,25,27)(H,26,28). The minimum Gasteiger partial charge on any atom is -0.397 e. The zero-order valence-electron chi connectivity index (χ0n) is 16.6. The molecule has 1 amide bonds. The smallest absolute Gasteiger partial charge is 0.276 e. The first kappa shape index (κ1) is 19.1. The largest absolute Gasteiger partial charge is 0.397 e. The molecule has 1 fully saturated rings. The van der Waals surface area contributed by atoms with Crippen LogP contribution in [0.25, 0.3) is 10.8 Å². The average Bonchev–Trinajstić information content (AvgIpc) is 2.70. The minimum atomic E-state index is -0.334. The molecule has 1 atom stereocenters. The molecule has 2 aromatic heterocycles. The molecule has 1 saturated heterocycles. The summed E-state index contributed by atoms with van der Waals surface area (Å²) in [4.78, 5) is 21.1. The summed E-state index contributed by atoms with van der Waals surface area (Å²) in [5, 5.41) is 8.46. The van der Waals surface area contributed by atoms with Gasteiger partial charge in [0.25, 0.3) is 5.91 Å². The highest BCUT2D eigenvalue weighted by Crippen LogP contribution is 2.32. The van der Waals surface area contributed by atoms with Crippen LogP contribution < -0.4 is 16.4 Å². The number of benzene rings is 1. The lowest BCUT2D eigenvalue weighted by Gasteiger charge is -2.39. The molecular weight excluding hydrogens is 366 g/mol. The van der Waals surface area contributed by atoms with Crippen LogP contribution in [0.3, 0.4) is 0 Å². The van der Waals surface area contributed by atoms with Crippen molar-refractivity contribution in [2.75, 3.05) is 29.6 Å². The maximum Gasteiger partial charge on any atom is 0.276 e. The summed E-state index contributed by atoms with van der Waals surface area (Å²) in [6, 6.07) is 11.3. The van der Waals surface area contributed by atoms with Crippen molar-refractivity contribution in [2.45, 2.75) is 26.3 Å².